The first kappa shape index (κ1) is 22.0. The number of para-hydroxylation sites is 1. The second-order valence-corrected chi connectivity index (χ2v) is 9.05. The molecule has 1 N–H and O–H groups in total. The number of aryl methyl sites for hydroxylation is 2. The molecular formula is C23H23N5O2S2. The number of thiazole rings is 1. The molecule has 7 nitrogen and oxygen atoms in total. The third-order valence-electron chi connectivity index (χ3n) is 4.81. The number of carbonyl (C=O) groups is 1. The zero-order valence-electron chi connectivity index (χ0n) is 18.0. The number of rotatable bonds is 8. The van der Waals surface area contributed by atoms with Crippen molar-refractivity contribution in [2.24, 2.45) is 7.05 Å². The van der Waals surface area contributed by atoms with Gasteiger partial charge in [0.2, 0.25) is 5.91 Å². The van der Waals surface area contributed by atoms with Crippen molar-refractivity contribution in [1.82, 2.24) is 19.7 Å². The van der Waals surface area contributed by atoms with Crippen LogP contribution in [0.1, 0.15) is 17.0 Å². The highest BCUT2D eigenvalue weighted by Gasteiger charge is 2.14. The fourth-order valence-electron chi connectivity index (χ4n) is 2.93. The topological polar surface area (TPSA) is 81.9 Å². The fourth-order valence-corrected chi connectivity index (χ4v) is 4.40. The molecule has 0 atom stereocenters. The van der Waals surface area contributed by atoms with Crippen LogP contribution in [-0.2, 0) is 18.4 Å². The zero-order valence-corrected chi connectivity index (χ0v) is 19.7. The molecule has 2 heterocycles. The molecule has 0 fully saturated rings. The standard InChI is InChI=1S/C23H23N5O2S2/c1-15-8-10-17(11-9-15)18-13-31-22(24-18)25-21(29)14-32-23-27-26-20(28(23)3)12-30-19-7-5-4-6-16(19)2/h4-11,13H,12,14H2,1-3H3,(H,24,25,29). The van der Waals surface area contributed by atoms with Crippen LogP contribution >= 0.6 is 23.1 Å². The Kier molecular flexibility index (Phi) is 6.87. The molecule has 32 heavy (non-hydrogen) atoms. The van der Waals surface area contributed by atoms with E-state index in [0.717, 1.165) is 22.6 Å². The maximum atomic E-state index is 12.4. The van der Waals surface area contributed by atoms with Crippen LogP contribution in [0, 0.1) is 13.8 Å². The van der Waals surface area contributed by atoms with Gasteiger partial charge in [-0.1, -0.05) is 59.8 Å². The highest BCUT2D eigenvalue weighted by molar-refractivity contribution is 7.99. The van der Waals surface area contributed by atoms with Gasteiger partial charge in [-0.25, -0.2) is 4.98 Å². The van der Waals surface area contributed by atoms with Crippen molar-refractivity contribution >= 4 is 34.1 Å². The molecule has 9 heteroatoms. The lowest BCUT2D eigenvalue weighted by Crippen LogP contribution is -2.14. The van der Waals surface area contributed by atoms with Gasteiger partial charge in [-0.3, -0.25) is 4.79 Å². The van der Waals surface area contributed by atoms with E-state index in [0.29, 0.717) is 22.7 Å². The lowest BCUT2D eigenvalue weighted by Gasteiger charge is -2.08. The van der Waals surface area contributed by atoms with Crippen molar-refractivity contribution in [1.29, 1.82) is 0 Å². The van der Waals surface area contributed by atoms with Gasteiger partial charge in [0.1, 0.15) is 12.4 Å². The molecule has 164 valence electrons. The van der Waals surface area contributed by atoms with Crippen LogP contribution in [0.4, 0.5) is 5.13 Å². The summed E-state index contributed by atoms with van der Waals surface area (Å²) in [5.74, 6) is 1.58. The number of nitrogens with one attached hydrogen (secondary N) is 1. The fraction of sp³-hybridized carbons (Fsp3) is 0.217. The van der Waals surface area contributed by atoms with E-state index in [1.165, 1.54) is 28.7 Å². The number of benzene rings is 2. The van der Waals surface area contributed by atoms with Gasteiger partial charge in [-0.2, -0.15) is 0 Å². The van der Waals surface area contributed by atoms with Crippen LogP contribution in [0.3, 0.4) is 0 Å². The van der Waals surface area contributed by atoms with Crippen LogP contribution in [-0.4, -0.2) is 31.4 Å². The lowest BCUT2D eigenvalue weighted by atomic mass is 10.1. The lowest BCUT2D eigenvalue weighted by molar-refractivity contribution is -0.113. The van der Waals surface area contributed by atoms with Crippen molar-refractivity contribution in [3.05, 3.63) is 70.9 Å². The van der Waals surface area contributed by atoms with Gasteiger partial charge < -0.3 is 14.6 Å². The Morgan fingerprint density at radius 2 is 1.91 bits per heavy atom. The van der Waals surface area contributed by atoms with Crippen LogP contribution in [0.2, 0.25) is 0 Å². The largest absolute Gasteiger partial charge is 0.485 e. The summed E-state index contributed by atoms with van der Waals surface area (Å²) in [6.07, 6.45) is 0. The predicted molar refractivity (Wildman–Crippen MR) is 128 cm³/mol. The average molecular weight is 466 g/mol. The Labute approximate surface area is 194 Å². The highest BCUT2D eigenvalue weighted by atomic mass is 32.2. The average Bonchev–Trinajstić information content (AvgIpc) is 3.39. The van der Waals surface area contributed by atoms with E-state index in [1.54, 1.807) is 0 Å². The predicted octanol–water partition coefficient (Wildman–Crippen LogP) is 4.87. The van der Waals surface area contributed by atoms with Gasteiger partial charge >= 0.3 is 0 Å². The Morgan fingerprint density at radius 3 is 2.69 bits per heavy atom. The van der Waals surface area contributed by atoms with Crippen molar-refractivity contribution in [3.63, 3.8) is 0 Å². The van der Waals surface area contributed by atoms with Gasteiger partial charge in [0.15, 0.2) is 16.1 Å². The molecule has 0 bridgehead atoms. The van der Waals surface area contributed by atoms with E-state index < -0.39 is 0 Å². The van der Waals surface area contributed by atoms with E-state index in [4.69, 9.17) is 4.74 Å². The summed E-state index contributed by atoms with van der Waals surface area (Å²) in [7, 11) is 1.87. The first-order valence-electron chi connectivity index (χ1n) is 10.0. The molecule has 0 saturated carbocycles. The number of carbonyl (C=O) groups excluding carboxylic acids is 1. The van der Waals surface area contributed by atoms with Crippen molar-refractivity contribution in [2.45, 2.75) is 25.6 Å². The maximum absolute atomic E-state index is 12.4. The van der Waals surface area contributed by atoms with Crippen molar-refractivity contribution in [2.75, 3.05) is 11.1 Å². The Balaban J connectivity index is 1.30. The Bertz CT molecular complexity index is 1220. The van der Waals surface area contributed by atoms with Crippen molar-refractivity contribution in [3.8, 4) is 17.0 Å². The summed E-state index contributed by atoms with van der Waals surface area (Å²) in [4.78, 5) is 16.9. The molecule has 0 aliphatic carbocycles. The molecule has 0 unspecified atom stereocenters. The van der Waals surface area contributed by atoms with E-state index in [2.05, 4.69) is 20.5 Å². The van der Waals surface area contributed by atoms with E-state index in [-0.39, 0.29) is 11.7 Å². The number of hydrogen-bond acceptors (Lipinski definition) is 7. The molecule has 0 radical (unpaired) electrons. The number of hydrogen-bond donors (Lipinski definition) is 1. The molecule has 0 aliphatic rings. The summed E-state index contributed by atoms with van der Waals surface area (Å²) < 4.78 is 7.69. The summed E-state index contributed by atoms with van der Waals surface area (Å²) in [6.45, 7) is 4.35. The number of aromatic nitrogens is 4. The van der Waals surface area contributed by atoms with Crippen molar-refractivity contribution < 1.29 is 9.53 Å². The molecule has 1 amide bonds. The number of anilines is 1. The van der Waals surface area contributed by atoms with Crippen LogP contribution < -0.4 is 10.1 Å². The first-order chi connectivity index (χ1) is 15.5. The number of nitrogens with zero attached hydrogens (tertiary/aromatic N) is 4. The molecular weight excluding hydrogens is 442 g/mol. The third-order valence-corrected chi connectivity index (χ3v) is 6.58. The van der Waals surface area contributed by atoms with Gasteiger partial charge in [0, 0.05) is 18.0 Å². The zero-order chi connectivity index (χ0) is 22.5. The molecule has 4 rings (SSSR count). The van der Waals surface area contributed by atoms with Gasteiger partial charge in [0.25, 0.3) is 0 Å². The summed E-state index contributed by atoms with van der Waals surface area (Å²) in [5.41, 5.74) is 4.14. The van der Waals surface area contributed by atoms with E-state index >= 15 is 0 Å². The smallest absolute Gasteiger partial charge is 0.236 e. The van der Waals surface area contributed by atoms with E-state index in [9.17, 15) is 4.79 Å². The van der Waals surface area contributed by atoms with Crippen LogP contribution in [0.25, 0.3) is 11.3 Å². The van der Waals surface area contributed by atoms with Crippen LogP contribution in [0.5, 0.6) is 5.75 Å². The SMILES string of the molecule is Cc1ccc(-c2csc(NC(=O)CSc3nnc(COc4ccccc4C)n3C)n2)cc1. The minimum absolute atomic E-state index is 0.138. The minimum atomic E-state index is -0.138. The van der Waals surface area contributed by atoms with Gasteiger partial charge in [0.05, 0.1) is 11.4 Å². The molecule has 2 aromatic carbocycles. The normalized spacial score (nSPS) is 10.8. The second-order valence-electron chi connectivity index (χ2n) is 7.25. The molecule has 0 aliphatic heterocycles. The first-order valence-corrected chi connectivity index (χ1v) is 11.9. The number of thioether (sulfide) groups is 1. The van der Waals surface area contributed by atoms with Gasteiger partial charge in [-0.15, -0.1) is 21.5 Å². The maximum Gasteiger partial charge on any atom is 0.236 e. The quantitative estimate of drug-likeness (QED) is 0.374. The summed E-state index contributed by atoms with van der Waals surface area (Å²) >= 11 is 2.73. The summed E-state index contributed by atoms with van der Waals surface area (Å²) in [5, 5.41) is 14.4. The second kappa shape index (κ2) is 9.97. The van der Waals surface area contributed by atoms with Crippen LogP contribution in [0.15, 0.2) is 59.1 Å². The molecule has 0 spiro atoms. The molecule has 0 saturated heterocycles. The highest BCUT2D eigenvalue weighted by Crippen LogP contribution is 2.26. The Hall–Kier alpha value is -3.17. The minimum Gasteiger partial charge on any atom is -0.485 e. The molecule has 2 aromatic heterocycles. The monoisotopic (exact) mass is 465 g/mol. The van der Waals surface area contributed by atoms with E-state index in [1.807, 2.05) is 79.4 Å². The Morgan fingerprint density at radius 1 is 1.12 bits per heavy atom. The number of amides is 1. The third kappa shape index (κ3) is 5.35. The molecule has 4 aromatic rings. The summed E-state index contributed by atoms with van der Waals surface area (Å²) in [6, 6.07) is 16.0. The van der Waals surface area contributed by atoms with Gasteiger partial charge in [-0.05, 0) is 25.5 Å². The number of ether oxygens (including phenoxy) is 1.